The summed E-state index contributed by atoms with van der Waals surface area (Å²) in [5, 5.41) is 8.92. The second kappa shape index (κ2) is 4.64. The minimum atomic E-state index is -4.81. The van der Waals surface area contributed by atoms with Crippen LogP contribution in [0.4, 0.5) is 26.3 Å². The highest BCUT2D eigenvalue weighted by atomic mass is 19.4. The first-order valence-electron chi connectivity index (χ1n) is 5.94. The molecule has 0 bridgehead atoms. The number of halogens is 6. The predicted molar refractivity (Wildman–Crippen MR) is 60.0 cm³/mol. The number of carboxylic acid groups (broad SMARTS) is 1. The van der Waals surface area contributed by atoms with Crippen molar-refractivity contribution in [2.24, 2.45) is 5.92 Å². The van der Waals surface area contributed by atoms with Crippen molar-refractivity contribution in [2.45, 2.75) is 31.6 Å². The first kappa shape index (κ1) is 15.7. The van der Waals surface area contributed by atoms with Gasteiger partial charge in [-0.3, -0.25) is 0 Å². The fourth-order valence-electron chi connectivity index (χ4n) is 2.39. The van der Waals surface area contributed by atoms with Gasteiger partial charge < -0.3 is 5.11 Å². The number of alkyl halides is 6. The van der Waals surface area contributed by atoms with Gasteiger partial charge >= 0.3 is 18.3 Å². The topological polar surface area (TPSA) is 37.3 Å². The van der Waals surface area contributed by atoms with E-state index in [2.05, 4.69) is 0 Å². The smallest absolute Gasteiger partial charge is 0.416 e. The highest BCUT2D eigenvalue weighted by Crippen LogP contribution is 2.56. The lowest BCUT2D eigenvalue weighted by Gasteiger charge is -2.15. The van der Waals surface area contributed by atoms with E-state index in [4.69, 9.17) is 5.11 Å². The molecule has 0 heterocycles. The van der Waals surface area contributed by atoms with Crippen LogP contribution >= 0.6 is 0 Å². The molecule has 2 nitrogen and oxygen atoms in total. The quantitative estimate of drug-likeness (QED) is 0.823. The molecule has 1 aliphatic carbocycles. The summed E-state index contributed by atoms with van der Waals surface area (Å²) >= 11 is 0. The van der Waals surface area contributed by atoms with E-state index in [0.717, 1.165) is 13.0 Å². The van der Waals surface area contributed by atoms with Crippen LogP contribution in [0, 0.1) is 12.8 Å². The highest BCUT2D eigenvalue weighted by Gasteiger charge is 2.56. The Labute approximate surface area is 115 Å². The van der Waals surface area contributed by atoms with Crippen LogP contribution < -0.4 is 0 Å². The average molecular weight is 312 g/mol. The highest BCUT2D eigenvalue weighted by molar-refractivity contribution is 5.90. The Bertz CT molecular complexity index is 588. The Morgan fingerprint density at radius 3 is 2.14 bits per heavy atom. The Morgan fingerprint density at radius 1 is 1.19 bits per heavy atom. The molecule has 2 atom stereocenters. The molecule has 1 aromatic carbocycles. The summed E-state index contributed by atoms with van der Waals surface area (Å²) in [6.45, 7) is 0.990. The van der Waals surface area contributed by atoms with Gasteiger partial charge in [0, 0.05) is 0 Å². The van der Waals surface area contributed by atoms with Crippen LogP contribution in [0.25, 0.3) is 0 Å². The molecule has 0 saturated heterocycles. The van der Waals surface area contributed by atoms with Crippen LogP contribution in [-0.2, 0) is 6.18 Å². The Morgan fingerprint density at radius 2 is 1.76 bits per heavy atom. The number of aromatic carboxylic acids is 1. The lowest BCUT2D eigenvalue weighted by molar-refractivity contribution is -0.148. The maximum absolute atomic E-state index is 12.9. The minimum Gasteiger partial charge on any atom is -0.478 e. The molecule has 0 spiro atoms. The van der Waals surface area contributed by atoms with E-state index < -0.39 is 46.8 Å². The molecule has 116 valence electrons. The van der Waals surface area contributed by atoms with E-state index in [1.807, 2.05) is 0 Å². The zero-order valence-corrected chi connectivity index (χ0v) is 10.6. The SMILES string of the molecule is Cc1c(C(=O)O)cc(C2CC2C(F)(F)F)cc1C(F)(F)F. The summed E-state index contributed by atoms with van der Waals surface area (Å²) < 4.78 is 76.1. The Kier molecular flexibility index (Phi) is 3.46. The molecule has 2 unspecified atom stereocenters. The largest absolute Gasteiger partial charge is 0.478 e. The molecule has 2 rings (SSSR count). The molecule has 1 saturated carbocycles. The van der Waals surface area contributed by atoms with Crippen LogP contribution in [0.15, 0.2) is 12.1 Å². The number of rotatable bonds is 2. The van der Waals surface area contributed by atoms with Crippen molar-refractivity contribution < 1.29 is 36.2 Å². The lowest BCUT2D eigenvalue weighted by Crippen LogP contribution is -2.14. The van der Waals surface area contributed by atoms with Gasteiger partial charge in [0.25, 0.3) is 0 Å². The summed E-state index contributed by atoms with van der Waals surface area (Å²) in [5.74, 6) is -4.41. The predicted octanol–water partition coefficient (Wildman–Crippen LogP) is 4.38. The van der Waals surface area contributed by atoms with Crippen molar-refractivity contribution in [3.63, 3.8) is 0 Å². The molecule has 0 radical (unpaired) electrons. The molecule has 1 N–H and O–H groups in total. The second-order valence-corrected chi connectivity index (χ2v) is 5.03. The van der Waals surface area contributed by atoms with E-state index >= 15 is 0 Å². The van der Waals surface area contributed by atoms with Crippen molar-refractivity contribution in [2.75, 3.05) is 0 Å². The zero-order valence-electron chi connectivity index (χ0n) is 10.6. The summed E-state index contributed by atoms with van der Waals surface area (Å²) in [6, 6.07) is 1.53. The van der Waals surface area contributed by atoms with E-state index in [0.29, 0.717) is 6.07 Å². The maximum atomic E-state index is 12.9. The first-order chi connectivity index (χ1) is 9.43. The monoisotopic (exact) mass is 312 g/mol. The Balaban J connectivity index is 2.50. The van der Waals surface area contributed by atoms with Gasteiger partial charge in [-0.1, -0.05) is 0 Å². The number of benzene rings is 1. The van der Waals surface area contributed by atoms with Gasteiger partial charge in [-0.2, -0.15) is 26.3 Å². The molecule has 21 heavy (non-hydrogen) atoms. The summed E-state index contributed by atoms with van der Waals surface area (Å²) in [4.78, 5) is 11.0. The lowest BCUT2D eigenvalue weighted by atomic mass is 9.95. The minimum absolute atomic E-state index is 0.229. The fraction of sp³-hybridized carbons (Fsp3) is 0.462. The zero-order chi connectivity index (χ0) is 16.2. The number of carbonyl (C=O) groups is 1. The van der Waals surface area contributed by atoms with Gasteiger partial charge in [0.05, 0.1) is 17.0 Å². The van der Waals surface area contributed by atoms with Crippen molar-refractivity contribution in [1.82, 2.24) is 0 Å². The molecule has 0 aromatic heterocycles. The molecule has 0 aliphatic heterocycles. The third kappa shape index (κ3) is 2.98. The summed E-state index contributed by atoms with van der Waals surface area (Å²) in [6.07, 6.45) is -9.62. The van der Waals surface area contributed by atoms with Crippen LogP contribution in [-0.4, -0.2) is 17.3 Å². The molecule has 1 fully saturated rings. The van der Waals surface area contributed by atoms with Gasteiger partial charge in [-0.05, 0) is 42.5 Å². The van der Waals surface area contributed by atoms with Crippen LogP contribution in [0.1, 0.15) is 39.4 Å². The molecular weight excluding hydrogens is 302 g/mol. The maximum Gasteiger partial charge on any atom is 0.416 e. The normalized spacial score (nSPS) is 22.2. The third-order valence-corrected chi connectivity index (χ3v) is 3.60. The fourth-order valence-corrected chi connectivity index (χ4v) is 2.39. The standard InChI is InChI=1S/C13H10F6O2/c1-5-7(11(20)21)2-6(3-9(5)12(14,15)16)8-4-10(8)13(17,18)19/h2-3,8,10H,4H2,1H3,(H,20,21). The summed E-state index contributed by atoms with van der Waals surface area (Å²) in [5.41, 5.74) is -2.55. The molecule has 8 heteroatoms. The van der Waals surface area contributed by atoms with Gasteiger partial charge in [0.2, 0.25) is 0 Å². The van der Waals surface area contributed by atoms with Gasteiger partial charge in [0.1, 0.15) is 0 Å². The van der Waals surface area contributed by atoms with E-state index in [1.165, 1.54) is 0 Å². The second-order valence-electron chi connectivity index (χ2n) is 5.03. The van der Waals surface area contributed by atoms with Crippen LogP contribution in [0.3, 0.4) is 0 Å². The molecule has 0 amide bonds. The van der Waals surface area contributed by atoms with E-state index in [9.17, 15) is 31.1 Å². The van der Waals surface area contributed by atoms with Gasteiger partial charge in [-0.25, -0.2) is 4.79 Å². The number of carboxylic acids is 1. The van der Waals surface area contributed by atoms with Crippen molar-refractivity contribution in [3.8, 4) is 0 Å². The summed E-state index contributed by atoms with van der Waals surface area (Å²) in [7, 11) is 0. The van der Waals surface area contributed by atoms with E-state index in [-0.39, 0.29) is 12.0 Å². The first-order valence-corrected chi connectivity index (χ1v) is 5.94. The van der Waals surface area contributed by atoms with Crippen molar-refractivity contribution in [3.05, 3.63) is 34.4 Å². The van der Waals surface area contributed by atoms with Crippen molar-refractivity contribution in [1.29, 1.82) is 0 Å². The van der Waals surface area contributed by atoms with Gasteiger partial charge in [0.15, 0.2) is 0 Å². The number of hydrogen-bond donors (Lipinski definition) is 1. The van der Waals surface area contributed by atoms with E-state index in [1.54, 1.807) is 0 Å². The molecule has 1 aromatic rings. The van der Waals surface area contributed by atoms with Crippen LogP contribution in [0.5, 0.6) is 0 Å². The third-order valence-electron chi connectivity index (χ3n) is 3.60. The van der Waals surface area contributed by atoms with Crippen LogP contribution in [0.2, 0.25) is 0 Å². The Hall–Kier alpha value is -1.73. The van der Waals surface area contributed by atoms with Crippen molar-refractivity contribution >= 4 is 5.97 Å². The number of hydrogen-bond acceptors (Lipinski definition) is 1. The molecule has 1 aliphatic rings. The average Bonchev–Trinajstić information content (AvgIpc) is 3.06. The van der Waals surface area contributed by atoms with Gasteiger partial charge in [-0.15, -0.1) is 0 Å². The molecular formula is C13H10F6O2.